The summed E-state index contributed by atoms with van der Waals surface area (Å²) in [4.78, 5) is 12.1. The first-order chi connectivity index (χ1) is 8.11. The second-order valence-corrected chi connectivity index (χ2v) is 3.86. The smallest absolute Gasteiger partial charge is 0.408 e. The van der Waals surface area contributed by atoms with Crippen LogP contribution in [0, 0.1) is 5.82 Å². The number of aliphatic hydroxyl groups excluding tert-OH is 1. The first-order valence-electron chi connectivity index (χ1n) is 5.19. The molecule has 0 spiro atoms. The van der Waals surface area contributed by atoms with Crippen molar-refractivity contribution in [2.24, 2.45) is 0 Å². The molecular formula is C12H12FNO3. The molecule has 1 amide bonds. The lowest BCUT2D eigenvalue weighted by molar-refractivity contribution is 0.125. The summed E-state index contributed by atoms with van der Waals surface area (Å²) in [7, 11) is 0. The predicted molar refractivity (Wildman–Crippen MR) is 60.0 cm³/mol. The Kier molecular flexibility index (Phi) is 3.10. The zero-order valence-electron chi connectivity index (χ0n) is 9.01. The highest BCUT2D eigenvalue weighted by molar-refractivity contribution is 5.77. The maximum atomic E-state index is 12.8. The number of carbonyl (C=O) groups is 1. The Morgan fingerprint density at radius 3 is 2.53 bits per heavy atom. The Labute approximate surface area is 97.6 Å². The zero-order valence-corrected chi connectivity index (χ0v) is 9.01. The fourth-order valence-corrected chi connectivity index (χ4v) is 1.89. The Morgan fingerprint density at radius 2 is 2.06 bits per heavy atom. The van der Waals surface area contributed by atoms with Crippen LogP contribution in [0.15, 0.2) is 30.3 Å². The molecule has 1 unspecified atom stereocenters. The van der Waals surface area contributed by atoms with Crippen LogP contribution in [-0.4, -0.2) is 40.4 Å². The Morgan fingerprint density at radius 1 is 1.41 bits per heavy atom. The molecule has 1 aromatic carbocycles. The van der Waals surface area contributed by atoms with Crippen molar-refractivity contribution in [3.05, 3.63) is 41.7 Å². The van der Waals surface area contributed by atoms with E-state index in [0.29, 0.717) is 0 Å². The lowest BCUT2D eigenvalue weighted by Crippen LogP contribution is -2.37. The Bertz CT molecular complexity index is 455. The molecule has 1 atom stereocenters. The van der Waals surface area contributed by atoms with Gasteiger partial charge in [-0.05, 0) is 23.3 Å². The molecule has 5 heteroatoms. The largest absolute Gasteiger partial charge is 0.465 e. The van der Waals surface area contributed by atoms with E-state index in [1.807, 2.05) is 0 Å². The number of nitrogens with zero attached hydrogens (tertiary/aromatic N) is 1. The van der Waals surface area contributed by atoms with E-state index in [4.69, 9.17) is 10.2 Å². The minimum Gasteiger partial charge on any atom is -0.465 e. The minimum atomic E-state index is -1.07. The third kappa shape index (κ3) is 2.29. The van der Waals surface area contributed by atoms with E-state index in [1.165, 1.54) is 12.1 Å². The highest BCUT2D eigenvalue weighted by atomic mass is 19.1. The highest BCUT2D eigenvalue weighted by Gasteiger charge is 2.28. The monoisotopic (exact) mass is 237 g/mol. The number of aliphatic hydroxyl groups is 1. The number of hydrogen-bond donors (Lipinski definition) is 2. The molecule has 4 nitrogen and oxygen atoms in total. The van der Waals surface area contributed by atoms with E-state index in [0.717, 1.165) is 16.0 Å². The van der Waals surface area contributed by atoms with Crippen LogP contribution in [0.3, 0.4) is 0 Å². The van der Waals surface area contributed by atoms with Crippen molar-refractivity contribution in [1.29, 1.82) is 0 Å². The first kappa shape index (κ1) is 11.6. The van der Waals surface area contributed by atoms with Gasteiger partial charge < -0.3 is 10.2 Å². The van der Waals surface area contributed by atoms with E-state index in [2.05, 4.69) is 0 Å². The molecule has 90 valence electrons. The van der Waals surface area contributed by atoms with Crippen LogP contribution in [0.5, 0.6) is 0 Å². The van der Waals surface area contributed by atoms with Gasteiger partial charge in [-0.25, -0.2) is 9.18 Å². The van der Waals surface area contributed by atoms with Gasteiger partial charge in [-0.1, -0.05) is 18.2 Å². The molecule has 0 fully saturated rings. The maximum absolute atomic E-state index is 12.8. The summed E-state index contributed by atoms with van der Waals surface area (Å²) in [6.07, 6.45) is 0.624. The van der Waals surface area contributed by atoms with E-state index in [9.17, 15) is 9.18 Å². The zero-order chi connectivity index (χ0) is 12.4. The molecule has 1 aliphatic heterocycles. The van der Waals surface area contributed by atoms with Crippen LogP contribution in [0.25, 0.3) is 5.57 Å². The molecule has 0 saturated carbocycles. The van der Waals surface area contributed by atoms with Gasteiger partial charge in [0, 0.05) is 0 Å². The number of carboxylic acid groups (broad SMARTS) is 1. The maximum Gasteiger partial charge on any atom is 0.408 e. The van der Waals surface area contributed by atoms with Gasteiger partial charge in [-0.2, -0.15) is 0 Å². The summed E-state index contributed by atoms with van der Waals surface area (Å²) in [5.74, 6) is -0.332. The topological polar surface area (TPSA) is 60.8 Å². The molecular weight excluding hydrogens is 225 g/mol. The predicted octanol–water partition coefficient (Wildman–Crippen LogP) is 1.56. The molecule has 17 heavy (non-hydrogen) atoms. The van der Waals surface area contributed by atoms with Gasteiger partial charge in [-0.15, -0.1) is 0 Å². The Balaban J connectivity index is 2.24. The molecule has 2 N–H and O–H groups in total. The average Bonchev–Trinajstić information content (AvgIpc) is 2.74. The number of amides is 1. The molecule has 1 aliphatic rings. The lowest BCUT2D eigenvalue weighted by atomic mass is 10.1. The van der Waals surface area contributed by atoms with Gasteiger partial charge in [0.25, 0.3) is 0 Å². The van der Waals surface area contributed by atoms with E-state index in [1.54, 1.807) is 18.2 Å². The molecule has 0 radical (unpaired) electrons. The van der Waals surface area contributed by atoms with Gasteiger partial charge in [0.15, 0.2) is 0 Å². The fraction of sp³-hybridized carbons (Fsp3) is 0.250. The van der Waals surface area contributed by atoms with E-state index in [-0.39, 0.29) is 19.0 Å². The van der Waals surface area contributed by atoms with Gasteiger partial charge >= 0.3 is 6.09 Å². The molecule has 1 aromatic rings. The number of rotatable bonds is 2. The van der Waals surface area contributed by atoms with Crippen molar-refractivity contribution >= 4 is 11.7 Å². The quantitative estimate of drug-likeness (QED) is 0.820. The first-order valence-corrected chi connectivity index (χ1v) is 5.19. The van der Waals surface area contributed by atoms with Crippen molar-refractivity contribution in [3.63, 3.8) is 0 Å². The molecule has 0 bridgehead atoms. The van der Waals surface area contributed by atoms with Gasteiger partial charge in [0.1, 0.15) is 5.82 Å². The van der Waals surface area contributed by atoms with Gasteiger partial charge in [-0.3, -0.25) is 4.90 Å². The summed E-state index contributed by atoms with van der Waals surface area (Å²) in [6.45, 7) is -0.0385. The minimum absolute atomic E-state index is 0.214. The van der Waals surface area contributed by atoms with Gasteiger partial charge in [0.2, 0.25) is 0 Å². The van der Waals surface area contributed by atoms with Crippen molar-refractivity contribution in [2.45, 2.75) is 6.04 Å². The average molecular weight is 237 g/mol. The van der Waals surface area contributed by atoms with Gasteiger partial charge in [0.05, 0.1) is 19.2 Å². The van der Waals surface area contributed by atoms with Crippen LogP contribution in [0.2, 0.25) is 0 Å². The number of hydrogen-bond acceptors (Lipinski definition) is 2. The molecule has 0 aliphatic carbocycles. The van der Waals surface area contributed by atoms with Crippen LogP contribution in [0.1, 0.15) is 5.56 Å². The second kappa shape index (κ2) is 4.55. The van der Waals surface area contributed by atoms with E-state index >= 15 is 0 Å². The Hall–Kier alpha value is -1.88. The third-order valence-electron chi connectivity index (χ3n) is 2.78. The van der Waals surface area contributed by atoms with Crippen molar-refractivity contribution in [2.75, 3.05) is 13.2 Å². The van der Waals surface area contributed by atoms with Crippen LogP contribution in [0.4, 0.5) is 9.18 Å². The van der Waals surface area contributed by atoms with Crippen LogP contribution in [-0.2, 0) is 0 Å². The number of benzene rings is 1. The molecule has 0 aromatic heterocycles. The summed E-state index contributed by atoms with van der Waals surface area (Å²) in [6, 6.07) is 5.33. The molecule has 1 heterocycles. The number of halogens is 1. The van der Waals surface area contributed by atoms with Crippen LogP contribution >= 0.6 is 0 Å². The highest BCUT2D eigenvalue weighted by Crippen LogP contribution is 2.25. The SMILES string of the molecule is O=C(O)N1CC(c2ccc(F)cc2)=CC1CO. The van der Waals surface area contributed by atoms with Crippen molar-refractivity contribution in [3.8, 4) is 0 Å². The van der Waals surface area contributed by atoms with Crippen molar-refractivity contribution in [1.82, 2.24) is 4.90 Å². The molecule has 0 saturated heterocycles. The summed E-state index contributed by atoms with van der Waals surface area (Å²) < 4.78 is 12.8. The second-order valence-electron chi connectivity index (χ2n) is 3.86. The fourth-order valence-electron chi connectivity index (χ4n) is 1.89. The summed E-state index contributed by atoms with van der Waals surface area (Å²) >= 11 is 0. The summed E-state index contributed by atoms with van der Waals surface area (Å²) in [5, 5.41) is 18.0. The standard InChI is InChI=1S/C12H12FNO3/c13-10-3-1-8(2-4-10)9-5-11(7-15)14(6-9)12(16)17/h1-5,11,15H,6-7H2,(H,16,17). The third-order valence-corrected chi connectivity index (χ3v) is 2.78. The van der Waals surface area contributed by atoms with Crippen LogP contribution < -0.4 is 0 Å². The van der Waals surface area contributed by atoms with E-state index < -0.39 is 12.1 Å². The van der Waals surface area contributed by atoms with Crippen molar-refractivity contribution < 1.29 is 19.4 Å². The summed E-state index contributed by atoms with van der Waals surface area (Å²) in [5.41, 5.74) is 1.56. The molecule has 2 rings (SSSR count). The normalized spacial score (nSPS) is 19.3. The lowest BCUT2D eigenvalue weighted by Gasteiger charge is -2.19.